The lowest BCUT2D eigenvalue weighted by Crippen LogP contribution is -2.58. The maximum atomic E-state index is 13.7. The molecule has 2 saturated heterocycles. The molecule has 1 N–H and O–H groups in total. The molecule has 0 aromatic heterocycles. The molecule has 1 aromatic carbocycles. The van der Waals surface area contributed by atoms with Crippen molar-refractivity contribution in [1.29, 1.82) is 0 Å². The fourth-order valence-electron chi connectivity index (χ4n) is 4.95. The minimum atomic E-state index is -0.373. The van der Waals surface area contributed by atoms with Gasteiger partial charge in [0.25, 0.3) is 0 Å². The van der Waals surface area contributed by atoms with Crippen LogP contribution in [0.5, 0.6) is 0 Å². The Bertz CT molecular complexity index is 681. The number of benzene rings is 1. The van der Waals surface area contributed by atoms with Gasteiger partial charge in [0.05, 0.1) is 11.5 Å². The van der Waals surface area contributed by atoms with Crippen LogP contribution in [0.25, 0.3) is 0 Å². The second-order valence-electron chi connectivity index (χ2n) is 7.74. The van der Waals surface area contributed by atoms with Crippen LogP contribution in [-0.2, 0) is 10.2 Å². The van der Waals surface area contributed by atoms with Gasteiger partial charge < -0.3 is 15.1 Å². The summed E-state index contributed by atoms with van der Waals surface area (Å²) in [5.41, 5.74) is 2.05. The molecule has 1 atom stereocenters. The maximum Gasteiger partial charge on any atom is 0.317 e. The first-order valence-corrected chi connectivity index (χ1v) is 9.52. The Hall–Kier alpha value is -2.04. The van der Waals surface area contributed by atoms with Crippen LogP contribution in [0.2, 0.25) is 0 Å². The molecule has 3 fully saturated rings. The van der Waals surface area contributed by atoms with E-state index in [-0.39, 0.29) is 23.4 Å². The Morgan fingerprint density at radius 3 is 2.68 bits per heavy atom. The Balaban J connectivity index is 1.63. The summed E-state index contributed by atoms with van der Waals surface area (Å²) < 4.78 is 0. The van der Waals surface area contributed by atoms with E-state index in [0.717, 1.165) is 25.7 Å². The lowest BCUT2D eigenvalue weighted by molar-refractivity contribution is -0.141. The van der Waals surface area contributed by atoms with Crippen LogP contribution in [0, 0.1) is 6.92 Å². The van der Waals surface area contributed by atoms with Gasteiger partial charge in [-0.1, -0.05) is 43.5 Å². The fraction of sp³-hybridized carbons (Fsp3) is 0.600. The highest BCUT2D eigenvalue weighted by Gasteiger charge is 2.46. The number of rotatable bonds is 2. The third-order valence-corrected chi connectivity index (χ3v) is 6.30. The van der Waals surface area contributed by atoms with Gasteiger partial charge in [0.1, 0.15) is 0 Å². The van der Waals surface area contributed by atoms with Crippen LogP contribution in [-0.4, -0.2) is 54.0 Å². The third kappa shape index (κ3) is 2.70. The number of hydrogen-bond donors (Lipinski definition) is 1. The number of nitrogens with one attached hydrogen (secondary N) is 1. The van der Waals surface area contributed by atoms with Crippen molar-refractivity contribution in [2.24, 2.45) is 0 Å². The average molecular weight is 341 g/mol. The molecule has 1 saturated carbocycles. The molecule has 0 bridgehead atoms. The zero-order valence-electron chi connectivity index (χ0n) is 15.0. The molecule has 3 aliphatic rings. The summed E-state index contributed by atoms with van der Waals surface area (Å²) >= 11 is 0. The first-order chi connectivity index (χ1) is 12.1. The van der Waals surface area contributed by atoms with Gasteiger partial charge in [-0.05, 0) is 30.9 Å². The van der Waals surface area contributed by atoms with E-state index < -0.39 is 0 Å². The number of hydrogen-bond acceptors (Lipinski definition) is 2. The van der Waals surface area contributed by atoms with Gasteiger partial charge in [0.15, 0.2) is 0 Å². The number of nitrogens with zero attached hydrogens (tertiary/aromatic N) is 2. The lowest BCUT2D eigenvalue weighted by atomic mass is 9.67. The molecule has 25 heavy (non-hydrogen) atoms. The van der Waals surface area contributed by atoms with E-state index in [9.17, 15) is 9.59 Å². The van der Waals surface area contributed by atoms with Crippen molar-refractivity contribution in [3.63, 3.8) is 0 Å². The van der Waals surface area contributed by atoms with Gasteiger partial charge in [-0.15, -0.1) is 0 Å². The number of aryl methyl sites for hydroxylation is 1. The predicted octanol–water partition coefficient (Wildman–Crippen LogP) is 2.43. The maximum absolute atomic E-state index is 13.7. The minimum Gasteiger partial charge on any atom is -0.338 e. The standard InChI is InChI=1S/C20H27N3O2/c1-15-7-3-4-8-17(15)20(9-5-2-6-10-20)18(24)22-11-12-23-16(14-22)13-21-19(23)25/h3-4,7-8,16H,2,5-6,9-14H2,1H3,(H,21,25). The van der Waals surface area contributed by atoms with Crippen molar-refractivity contribution in [2.75, 3.05) is 26.2 Å². The first kappa shape index (κ1) is 16.4. The van der Waals surface area contributed by atoms with Crippen molar-refractivity contribution in [3.05, 3.63) is 35.4 Å². The smallest absolute Gasteiger partial charge is 0.317 e. The molecule has 2 heterocycles. The summed E-state index contributed by atoms with van der Waals surface area (Å²) in [6.07, 6.45) is 5.33. The van der Waals surface area contributed by atoms with E-state index in [1.807, 2.05) is 9.80 Å². The van der Waals surface area contributed by atoms with E-state index in [4.69, 9.17) is 0 Å². The van der Waals surface area contributed by atoms with E-state index >= 15 is 0 Å². The number of piperazine rings is 1. The third-order valence-electron chi connectivity index (χ3n) is 6.30. The van der Waals surface area contributed by atoms with E-state index in [1.165, 1.54) is 17.5 Å². The van der Waals surface area contributed by atoms with Crippen LogP contribution < -0.4 is 5.32 Å². The van der Waals surface area contributed by atoms with E-state index in [2.05, 4.69) is 36.5 Å². The van der Waals surface area contributed by atoms with Gasteiger partial charge in [-0.2, -0.15) is 0 Å². The summed E-state index contributed by atoms with van der Waals surface area (Å²) in [7, 11) is 0. The predicted molar refractivity (Wildman–Crippen MR) is 96.4 cm³/mol. The lowest BCUT2D eigenvalue weighted by Gasteiger charge is -2.44. The molecule has 0 spiro atoms. The molecule has 1 aliphatic carbocycles. The molecule has 5 nitrogen and oxygen atoms in total. The highest BCUT2D eigenvalue weighted by Crippen LogP contribution is 2.42. The fourth-order valence-corrected chi connectivity index (χ4v) is 4.95. The first-order valence-electron chi connectivity index (χ1n) is 9.52. The van der Waals surface area contributed by atoms with Gasteiger partial charge >= 0.3 is 6.03 Å². The van der Waals surface area contributed by atoms with Crippen LogP contribution in [0.3, 0.4) is 0 Å². The number of carbonyl (C=O) groups is 2. The average Bonchev–Trinajstić information content (AvgIpc) is 3.02. The molecule has 134 valence electrons. The van der Waals surface area contributed by atoms with E-state index in [0.29, 0.717) is 26.2 Å². The molecule has 2 aliphatic heterocycles. The minimum absolute atomic E-state index is 0.0170. The van der Waals surface area contributed by atoms with Crippen LogP contribution >= 0.6 is 0 Å². The summed E-state index contributed by atoms with van der Waals surface area (Å²) in [6, 6.07) is 8.52. The Morgan fingerprint density at radius 2 is 1.92 bits per heavy atom. The summed E-state index contributed by atoms with van der Waals surface area (Å²) in [4.78, 5) is 29.4. The molecule has 1 aromatic rings. The summed E-state index contributed by atoms with van der Waals surface area (Å²) in [5, 5.41) is 2.90. The number of amides is 3. The summed E-state index contributed by atoms with van der Waals surface area (Å²) in [5.74, 6) is 0.278. The molecular weight excluding hydrogens is 314 g/mol. The number of urea groups is 1. The van der Waals surface area contributed by atoms with Crippen molar-refractivity contribution in [1.82, 2.24) is 15.1 Å². The molecule has 1 unspecified atom stereocenters. The summed E-state index contributed by atoms with van der Waals surface area (Å²) in [6.45, 7) is 4.73. The van der Waals surface area contributed by atoms with Gasteiger partial charge in [-0.3, -0.25) is 4.79 Å². The van der Waals surface area contributed by atoms with Gasteiger partial charge in [0.2, 0.25) is 5.91 Å². The second kappa shape index (κ2) is 6.36. The highest BCUT2D eigenvalue weighted by atomic mass is 16.2. The monoisotopic (exact) mass is 341 g/mol. The highest BCUT2D eigenvalue weighted by molar-refractivity contribution is 5.89. The number of carbonyl (C=O) groups excluding carboxylic acids is 2. The van der Waals surface area contributed by atoms with Gasteiger partial charge in [0, 0.05) is 26.2 Å². The topological polar surface area (TPSA) is 52.7 Å². The molecule has 3 amide bonds. The SMILES string of the molecule is Cc1ccccc1C1(C(=O)N2CCN3C(=O)NCC3C2)CCCCC1. The molecule has 4 rings (SSSR count). The normalized spacial score (nSPS) is 25.5. The Kier molecular flexibility index (Phi) is 4.18. The van der Waals surface area contributed by atoms with Crippen LogP contribution in [0.15, 0.2) is 24.3 Å². The number of fused-ring (bicyclic) bond motifs is 1. The molecular formula is C20H27N3O2. The zero-order chi connectivity index (χ0) is 17.4. The van der Waals surface area contributed by atoms with Crippen molar-refractivity contribution >= 4 is 11.9 Å². The Morgan fingerprint density at radius 1 is 1.16 bits per heavy atom. The quantitative estimate of drug-likeness (QED) is 0.898. The largest absolute Gasteiger partial charge is 0.338 e. The zero-order valence-corrected chi connectivity index (χ0v) is 15.0. The molecule has 0 radical (unpaired) electrons. The van der Waals surface area contributed by atoms with Crippen LogP contribution in [0.4, 0.5) is 4.79 Å². The molecule has 5 heteroatoms. The second-order valence-corrected chi connectivity index (χ2v) is 7.74. The van der Waals surface area contributed by atoms with Crippen molar-refractivity contribution in [2.45, 2.75) is 50.5 Å². The van der Waals surface area contributed by atoms with Gasteiger partial charge in [-0.25, -0.2) is 4.79 Å². The van der Waals surface area contributed by atoms with Crippen molar-refractivity contribution in [3.8, 4) is 0 Å². The van der Waals surface area contributed by atoms with E-state index in [1.54, 1.807) is 0 Å². The van der Waals surface area contributed by atoms with Crippen LogP contribution in [0.1, 0.15) is 43.2 Å². The Labute approximate surface area is 149 Å². The van der Waals surface area contributed by atoms with Crippen molar-refractivity contribution < 1.29 is 9.59 Å².